The van der Waals surface area contributed by atoms with E-state index in [0.29, 0.717) is 5.92 Å². The van der Waals surface area contributed by atoms with Crippen LogP contribution in [0.1, 0.15) is 41.0 Å². The van der Waals surface area contributed by atoms with Gasteiger partial charge in [-0.15, -0.1) is 0 Å². The SMILES string of the molecule is CC(C)CCNc1ncnc2ccc(-c3cccn3C(=O)OC(C)(C)C)cc12. The van der Waals surface area contributed by atoms with Crippen LogP contribution in [0.3, 0.4) is 0 Å². The van der Waals surface area contributed by atoms with Crippen LogP contribution >= 0.6 is 0 Å². The normalized spacial score (nSPS) is 11.8. The number of carbonyl (C=O) groups excluding carboxylic acids is 1. The molecule has 1 N–H and O–H groups in total. The van der Waals surface area contributed by atoms with Gasteiger partial charge in [0.05, 0.1) is 11.2 Å². The van der Waals surface area contributed by atoms with Crippen LogP contribution < -0.4 is 5.32 Å². The molecule has 0 aliphatic rings. The third kappa shape index (κ3) is 4.68. The fourth-order valence-electron chi connectivity index (χ4n) is 2.92. The minimum Gasteiger partial charge on any atom is -0.443 e. The van der Waals surface area contributed by atoms with Crippen LogP contribution in [0.4, 0.5) is 10.6 Å². The smallest absolute Gasteiger partial charge is 0.418 e. The second-order valence-electron chi connectivity index (χ2n) is 8.31. The molecule has 28 heavy (non-hydrogen) atoms. The van der Waals surface area contributed by atoms with E-state index in [9.17, 15) is 4.79 Å². The van der Waals surface area contributed by atoms with Crippen molar-refractivity contribution >= 4 is 22.8 Å². The highest BCUT2D eigenvalue weighted by Gasteiger charge is 2.20. The van der Waals surface area contributed by atoms with Gasteiger partial charge in [0.25, 0.3) is 0 Å². The van der Waals surface area contributed by atoms with Gasteiger partial charge in [-0.1, -0.05) is 19.9 Å². The lowest BCUT2D eigenvalue weighted by Gasteiger charge is -2.20. The van der Waals surface area contributed by atoms with Gasteiger partial charge in [-0.25, -0.2) is 14.8 Å². The number of hydrogen-bond acceptors (Lipinski definition) is 5. The molecular weight excluding hydrogens is 352 g/mol. The van der Waals surface area contributed by atoms with Crippen LogP contribution in [0.5, 0.6) is 0 Å². The molecule has 0 saturated heterocycles. The lowest BCUT2D eigenvalue weighted by molar-refractivity contribution is 0.0540. The Morgan fingerprint density at radius 1 is 1.21 bits per heavy atom. The van der Waals surface area contributed by atoms with Gasteiger partial charge in [0.2, 0.25) is 0 Å². The molecule has 0 bridgehead atoms. The Balaban J connectivity index is 1.95. The Morgan fingerprint density at radius 2 is 2.00 bits per heavy atom. The largest absolute Gasteiger partial charge is 0.443 e. The van der Waals surface area contributed by atoms with Crippen molar-refractivity contribution in [1.29, 1.82) is 0 Å². The van der Waals surface area contributed by atoms with Gasteiger partial charge in [0.1, 0.15) is 17.7 Å². The molecule has 148 valence electrons. The van der Waals surface area contributed by atoms with Gasteiger partial charge < -0.3 is 10.1 Å². The van der Waals surface area contributed by atoms with Gasteiger partial charge in [0.15, 0.2) is 0 Å². The highest BCUT2D eigenvalue weighted by Crippen LogP contribution is 2.28. The number of hydrogen-bond donors (Lipinski definition) is 1. The molecule has 3 aromatic rings. The summed E-state index contributed by atoms with van der Waals surface area (Å²) < 4.78 is 7.05. The Kier molecular flexibility index (Phi) is 5.68. The van der Waals surface area contributed by atoms with Crippen molar-refractivity contribution in [2.75, 3.05) is 11.9 Å². The van der Waals surface area contributed by atoms with Crippen molar-refractivity contribution in [2.45, 2.75) is 46.6 Å². The molecule has 0 amide bonds. The van der Waals surface area contributed by atoms with Gasteiger partial charge in [-0.2, -0.15) is 0 Å². The second-order valence-corrected chi connectivity index (χ2v) is 8.31. The molecule has 0 saturated carbocycles. The van der Waals surface area contributed by atoms with Crippen LogP contribution in [-0.4, -0.2) is 32.8 Å². The monoisotopic (exact) mass is 380 g/mol. The van der Waals surface area contributed by atoms with E-state index in [4.69, 9.17) is 4.74 Å². The van der Waals surface area contributed by atoms with Crippen LogP contribution in [-0.2, 0) is 4.74 Å². The summed E-state index contributed by atoms with van der Waals surface area (Å²) in [5, 5.41) is 4.34. The zero-order valence-electron chi connectivity index (χ0n) is 17.2. The molecule has 0 aliphatic carbocycles. The van der Waals surface area contributed by atoms with E-state index in [1.54, 1.807) is 12.5 Å². The fourth-order valence-corrected chi connectivity index (χ4v) is 2.92. The van der Waals surface area contributed by atoms with Gasteiger partial charge in [-0.3, -0.25) is 4.57 Å². The predicted molar refractivity (Wildman–Crippen MR) is 113 cm³/mol. The predicted octanol–water partition coefficient (Wildman–Crippen LogP) is 5.34. The van der Waals surface area contributed by atoms with Crippen molar-refractivity contribution in [3.05, 3.63) is 42.9 Å². The highest BCUT2D eigenvalue weighted by atomic mass is 16.6. The molecular formula is C22H28N4O2. The fraction of sp³-hybridized carbons (Fsp3) is 0.409. The number of rotatable bonds is 5. The molecule has 0 aliphatic heterocycles. The Labute approximate surface area is 166 Å². The summed E-state index contributed by atoms with van der Waals surface area (Å²) in [4.78, 5) is 21.3. The van der Waals surface area contributed by atoms with Crippen molar-refractivity contribution < 1.29 is 9.53 Å². The maximum atomic E-state index is 12.6. The van der Waals surface area contributed by atoms with E-state index >= 15 is 0 Å². The first kappa shape index (κ1) is 19.9. The number of nitrogens with one attached hydrogen (secondary N) is 1. The summed E-state index contributed by atoms with van der Waals surface area (Å²) in [5.74, 6) is 1.43. The first-order valence-electron chi connectivity index (χ1n) is 9.64. The summed E-state index contributed by atoms with van der Waals surface area (Å²) in [5.41, 5.74) is 1.99. The second kappa shape index (κ2) is 8.00. The van der Waals surface area contributed by atoms with E-state index in [1.807, 2.05) is 51.1 Å². The number of carbonyl (C=O) groups is 1. The average Bonchev–Trinajstić information content (AvgIpc) is 3.10. The first-order valence-corrected chi connectivity index (χ1v) is 9.64. The Hall–Kier alpha value is -2.89. The quantitative estimate of drug-likeness (QED) is 0.647. The number of anilines is 1. The van der Waals surface area contributed by atoms with Gasteiger partial charge in [-0.05, 0) is 62.9 Å². The van der Waals surface area contributed by atoms with Crippen LogP contribution in [0, 0.1) is 5.92 Å². The van der Waals surface area contributed by atoms with E-state index in [1.165, 1.54) is 4.57 Å². The lowest BCUT2D eigenvalue weighted by atomic mass is 10.1. The van der Waals surface area contributed by atoms with Crippen molar-refractivity contribution in [1.82, 2.24) is 14.5 Å². The van der Waals surface area contributed by atoms with Crippen LogP contribution in [0.15, 0.2) is 42.9 Å². The number of ether oxygens (including phenoxy) is 1. The summed E-state index contributed by atoms with van der Waals surface area (Å²) in [6.07, 6.45) is 3.96. The lowest BCUT2D eigenvalue weighted by Crippen LogP contribution is -2.27. The van der Waals surface area contributed by atoms with Gasteiger partial charge in [0, 0.05) is 18.1 Å². The number of nitrogens with zero attached hydrogens (tertiary/aromatic N) is 3. The number of aromatic nitrogens is 3. The Morgan fingerprint density at radius 3 is 2.71 bits per heavy atom. The molecule has 3 rings (SSSR count). The zero-order chi connectivity index (χ0) is 20.3. The molecule has 1 aromatic carbocycles. The summed E-state index contributed by atoms with van der Waals surface area (Å²) in [6.45, 7) is 10.8. The number of benzene rings is 1. The molecule has 6 nitrogen and oxygen atoms in total. The maximum absolute atomic E-state index is 12.6. The van der Waals surface area contributed by atoms with Crippen LogP contribution in [0.25, 0.3) is 22.2 Å². The minimum atomic E-state index is -0.552. The standard InChI is InChI=1S/C22H28N4O2/c1-15(2)10-11-23-20-17-13-16(8-9-18(17)24-14-25-20)19-7-6-12-26(19)21(27)28-22(3,4)5/h6-9,12-15H,10-11H2,1-5H3,(H,23,24,25). The highest BCUT2D eigenvalue weighted by molar-refractivity contribution is 5.93. The molecule has 0 radical (unpaired) electrons. The molecule has 2 heterocycles. The van der Waals surface area contributed by atoms with Crippen LogP contribution in [0.2, 0.25) is 0 Å². The molecule has 6 heteroatoms. The molecule has 2 aromatic heterocycles. The maximum Gasteiger partial charge on any atom is 0.418 e. The molecule has 0 fully saturated rings. The first-order chi connectivity index (χ1) is 13.2. The summed E-state index contributed by atoms with van der Waals surface area (Å²) >= 11 is 0. The van der Waals surface area contributed by atoms with E-state index < -0.39 is 11.7 Å². The van der Waals surface area contributed by atoms with Crippen molar-refractivity contribution in [3.8, 4) is 11.3 Å². The minimum absolute atomic E-state index is 0.396. The summed E-state index contributed by atoms with van der Waals surface area (Å²) in [6, 6.07) is 9.67. The Bertz CT molecular complexity index is 970. The van der Waals surface area contributed by atoms with Crippen molar-refractivity contribution in [2.24, 2.45) is 5.92 Å². The van der Waals surface area contributed by atoms with E-state index in [-0.39, 0.29) is 0 Å². The van der Waals surface area contributed by atoms with E-state index in [2.05, 4.69) is 29.1 Å². The molecule has 0 spiro atoms. The molecule has 0 unspecified atom stereocenters. The third-order valence-electron chi connectivity index (χ3n) is 4.28. The third-order valence-corrected chi connectivity index (χ3v) is 4.28. The van der Waals surface area contributed by atoms with E-state index in [0.717, 1.165) is 40.9 Å². The number of fused-ring (bicyclic) bond motifs is 1. The molecule has 0 atom stereocenters. The topological polar surface area (TPSA) is 69.0 Å². The van der Waals surface area contributed by atoms with Gasteiger partial charge >= 0.3 is 6.09 Å². The van der Waals surface area contributed by atoms with Crippen molar-refractivity contribution in [3.63, 3.8) is 0 Å². The summed E-state index contributed by atoms with van der Waals surface area (Å²) in [7, 11) is 0. The zero-order valence-corrected chi connectivity index (χ0v) is 17.2. The average molecular weight is 380 g/mol.